The molecule has 106 valence electrons. The molecule has 1 aromatic carbocycles. The molecule has 1 unspecified atom stereocenters. The maximum atomic E-state index is 12.8. The third kappa shape index (κ3) is 3.93. The summed E-state index contributed by atoms with van der Waals surface area (Å²) in [4.78, 5) is 11.4. The predicted molar refractivity (Wildman–Crippen MR) is 66.8 cm³/mol. The summed E-state index contributed by atoms with van der Waals surface area (Å²) in [5.41, 5.74) is 5.82. The van der Waals surface area contributed by atoms with Crippen molar-refractivity contribution in [2.24, 2.45) is 5.73 Å². The molecule has 19 heavy (non-hydrogen) atoms. The van der Waals surface area contributed by atoms with Gasteiger partial charge in [0.1, 0.15) is 0 Å². The molecule has 0 saturated heterocycles. The molecule has 8 heteroatoms. The summed E-state index contributed by atoms with van der Waals surface area (Å²) in [6.45, 7) is 1.69. The number of ether oxygens (including phenoxy) is 2. The quantitative estimate of drug-likeness (QED) is 0.895. The van der Waals surface area contributed by atoms with Crippen molar-refractivity contribution >= 4 is 24.0 Å². The van der Waals surface area contributed by atoms with Crippen molar-refractivity contribution in [3.8, 4) is 11.5 Å². The highest BCUT2D eigenvalue weighted by atomic mass is 35.5. The van der Waals surface area contributed by atoms with Crippen LogP contribution in [0.5, 0.6) is 11.5 Å². The molecule has 0 bridgehead atoms. The Hall–Kier alpha value is -1.60. The van der Waals surface area contributed by atoms with Crippen LogP contribution < -0.4 is 20.5 Å². The van der Waals surface area contributed by atoms with Crippen molar-refractivity contribution in [2.75, 3.05) is 5.32 Å². The van der Waals surface area contributed by atoms with E-state index in [1.807, 2.05) is 0 Å². The van der Waals surface area contributed by atoms with Crippen LogP contribution in [0, 0.1) is 0 Å². The molecule has 1 atom stereocenters. The van der Waals surface area contributed by atoms with E-state index in [4.69, 9.17) is 5.73 Å². The van der Waals surface area contributed by atoms with Crippen molar-refractivity contribution in [1.29, 1.82) is 0 Å². The maximum absolute atomic E-state index is 12.8. The van der Waals surface area contributed by atoms with Gasteiger partial charge in [0.05, 0.1) is 0 Å². The Bertz CT molecular complexity index is 483. The van der Waals surface area contributed by atoms with Gasteiger partial charge in [-0.1, -0.05) is 0 Å². The van der Waals surface area contributed by atoms with Gasteiger partial charge in [-0.3, -0.25) is 4.79 Å². The van der Waals surface area contributed by atoms with Gasteiger partial charge in [0, 0.05) is 24.2 Å². The van der Waals surface area contributed by atoms with Crippen molar-refractivity contribution in [3.05, 3.63) is 18.2 Å². The molecule has 1 amide bonds. The largest absolute Gasteiger partial charge is 0.586 e. The molecule has 0 saturated carbocycles. The molecular formula is C11H13ClF2N2O3. The fourth-order valence-electron chi connectivity index (χ4n) is 1.53. The van der Waals surface area contributed by atoms with E-state index in [0.717, 1.165) is 0 Å². The molecule has 1 heterocycles. The van der Waals surface area contributed by atoms with Crippen molar-refractivity contribution in [2.45, 2.75) is 25.7 Å². The molecule has 1 aliphatic rings. The summed E-state index contributed by atoms with van der Waals surface area (Å²) in [6.07, 6.45) is -3.51. The topological polar surface area (TPSA) is 73.6 Å². The average molecular weight is 295 g/mol. The van der Waals surface area contributed by atoms with Crippen LogP contribution in [-0.2, 0) is 4.79 Å². The fourth-order valence-corrected chi connectivity index (χ4v) is 1.53. The van der Waals surface area contributed by atoms with Crippen LogP contribution in [0.25, 0.3) is 0 Å². The molecule has 1 aromatic rings. The zero-order chi connectivity index (χ0) is 13.3. The van der Waals surface area contributed by atoms with Gasteiger partial charge < -0.3 is 20.5 Å². The minimum Gasteiger partial charge on any atom is -0.395 e. The fraction of sp³-hybridized carbons (Fsp3) is 0.364. The standard InChI is InChI=1S/C11H12F2N2O3.ClH/c1-6(14)4-10(16)15-7-2-3-8-9(5-7)18-11(12,13)17-8;/h2-3,5-6H,4,14H2,1H3,(H,15,16);1H. The Morgan fingerprint density at radius 1 is 1.42 bits per heavy atom. The van der Waals surface area contributed by atoms with E-state index in [1.165, 1.54) is 18.2 Å². The molecule has 1 aliphatic heterocycles. The van der Waals surface area contributed by atoms with Crippen LogP contribution in [-0.4, -0.2) is 18.2 Å². The molecule has 0 aromatic heterocycles. The first-order chi connectivity index (χ1) is 8.35. The van der Waals surface area contributed by atoms with Crippen molar-refractivity contribution < 1.29 is 23.0 Å². The number of halogens is 3. The zero-order valence-corrected chi connectivity index (χ0v) is 10.8. The van der Waals surface area contributed by atoms with Gasteiger partial charge in [-0.15, -0.1) is 21.2 Å². The zero-order valence-electron chi connectivity index (χ0n) is 9.98. The molecular weight excluding hydrogens is 282 g/mol. The summed E-state index contributed by atoms with van der Waals surface area (Å²) in [6, 6.07) is 3.75. The average Bonchev–Trinajstić information content (AvgIpc) is 2.49. The third-order valence-electron chi connectivity index (χ3n) is 2.19. The van der Waals surface area contributed by atoms with Gasteiger partial charge in [0.15, 0.2) is 11.5 Å². The number of rotatable bonds is 3. The summed E-state index contributed by atoms with van der Waals surface area (Å²) in [7, 11) is 0. The van der Waals surface area contributed by atoms with Gasteiger partial charge in [-0.25, -0.2) is 0 Å². The van der Waals surface area contributed by atoms with Crippen LogP contribution in [0.2, 0.25) is 0 Å². The number of alkyl halides is 2. The van der Waals surface area contributed by atoms with E-state index in [1.54, 1.807) is 6.92 Å². The molecule has 5 nitrogen and oxygen atoms in total. The lowest BCUT2D eigenvalue weighted by atomic mass is 10.2. The van der Waals surface area contributed by atoms with Crippen LogP contribution >= 0.6 is 12.4 Å². The van der Waals surface area contributed by atoms with Crippen LogP contribution in [0.3, 0.4) is 0 Å². The number of nitrogens with two attached hydrogens (primary N) is 1. The lowest BCUT2D eigenvalue weighted by Crippen LogP contribution is -2.26. The van der Waals surface area contributed by atoms with E-state index in [0.29, 0.717) is 5.69 Å². The Labute approximate surface area is 114 Å². The summed E-state index contributed by atoms with van der Waals surface area (Å²) >= 11 is 0. The molecule has 0 fully saturated rings. The summed E-state index contributed by atoms with van der Waals surface area (Å²) in [5.74, 6) is -0.473. The number of carbonyl (C=O) groups is 1. The summed E-state index contributed by atoms with van der Waals surface area (Å²) in [5, 5.41) is 2.53. The van der Waals surface area contributed by atoms with Crippen LogP contribution in [0.4, 0.5) is 14.5 Å². The number of hydrogen-bond donors (Lipinski definition) is 2. The number of anilines is 1. The van der Waals surface area contributed by atoms with Crippen LogP contribution in [0.15, 0.2) is 18.2 Å². The predicted octanol–water partition coefficient (Wildman–Crippen LogP) is 2.11. The number of amides is 1. The number of fused-ring (bicyclic) bond motifs is 1. The van der Waals surface area contributed by atoms with Gasteiger partial charge in [-0.2, -0.15) is 0 Å². The Kier molecular flexibility index (Phi) is 4.54. The number of carbonyl (C=O) groups excluding carboxylic acids is 1. The lowest BCUT2D eigenvalue weighted by Gasteiger charge is -2.07. The first-order valence-electron chi connectivity index (χ1n) is 5.31. The minimum absolute atomic E-state index is 0. The Morgan fingerprint density at radius 3 is 2.68 bits per heavy atom. The maximum Gasteiger partial charge on any atom is 0.586 e. The van der Waals surface area contributed by atoms with E-state index in [-0.39, 0.29) is 42.3 Å². The number of benzene rings is 1. The highest BCUT2D eigenvalue weighted by molar-refractivity contribution is 5.91. The Morgan fingerprint density at radius 2 is 2.05 bits per heavy atom. The first kappa shape index (κ1) is 15.5. The van der Waals surface area contributed by atoms with E-state index in [2.05, 4.69) is 14.8 Å². The minimum atomic E-state index is -3.66. The second-order valence-electron chi connectivity index (χ2n) is 4.06. The highest BCUT2D eigenvalue weighted by Crippen LogP contribution is 2.42. The Balaban J connectivity index is 0.00000180. The van der Waals surface area contributed by atoms with E-state index in [9.17, 15) is 13.6 Å². The third-order valence-corrected chi connectivity index (χ3v) is 2.19. The molecule has 3 N–H and O–H groups in total. The van der Waals surface area contributed by atoms with E-state index >= 15 is 0 Å². The lowest BCUT2D eigenvalue weighted by molar-refractivity contribution is -0.286. The molecule has 0 spiro atoms. The summed E-state index contributed by atoms with van der Waals surface area (Å²) < 4.78 is 34.0. The SMILES string of the molecule is CC(N)CC(=O)Nc1ccc2c(c1)OC(F)(F)O2.Cl. The van der Waals surface area contributed by atoms with Gasteiger partial charge in [0.25, 0.3) is 0 Å². The molecule has 2 rings (SSSR count). The second kappa shape index (κ2) is 5.58. The van der Waals surface area contributed by atoms with Crippen molar-refractivity contribution in [1.82, 2.24) is 0 Å². The van der Waals surface area contributed by atoms with Gasteiger partial charge >= 0.3 is 6.29 Å². The molecule has 0 aliphatic carbocycles. The monoisotopic (exact) mass is 294 g/mol. The van der Waals surface area contributed by atoms with Crippen LogP contribution in [0.1, 0.15) is 13.3 Å². The van der Waals surface area contributed by atoms with Gasteiger partial charge in [0.2, 0.25) is 5.91 Å². The van der Waals surface area contributed by atoms with Gasteiger partial charge in [-0.05, 0) is 19.1 Å². The number of hydrogen-bond acceptors (Lipinski definition) is 4. The normalized spacial score (nSPS) is 16.4. The molecule has 0 radical (unpaired) electrons. The van der Waals surface area contributed by atoms with Crippen molar-refractivity contribution in [3.63, 3.8) is 0 Å². The van der Waals surface area contributed by atoms with E-state index < -0.39 is 6.29 Å². The smallest absolute Gasteiger partial charge is 0.395 e. The first-order valence-corrected chi connectivity index (χ1v) is 5.31. The highest BCUT2D eigenvalue weighted by Gasteiger charge is 2.43. The second-order valence-corrected chi connectivity index (χ2v) is 4.06. The number of nitrogens with one attached hydrogen (secondary N) is 1.